The third-order valence-corrected chi connectivity index (χ3v) is 2.43. The number of carbonyl (C=O) groups excluding carboxylic acids is 1. The number of aromatic nitrogens is 1. The van der Waals surface area contributed by atoms with Crippen LogP contribution in [0.1, 0.15) is 6.92 Å². The van der Waals surface area contributed by atoms with Gasteiger partial charge in [0, 0.05) is 24.4 Å². The van der Waals surface area contributed by atoms with E-state index in [-0.39, 0.29) is 5.91 Å². The molecule has 86 valence electrons. The smallest absolute Gasteiger partial charge is 0.221 e. The molecule has 1 amide bonds. The molecule has 1 aromatic heterocycles. The van der Waals surface area contributed by atoms with Crippen LogP contribution in [0.3, 0.4) is 0 Å². The van der Waals surface area contributed by atoms with Gasteiger partial charge in [0.25, 0.3) is 0 Å². The van der Waals surface area contributed by atoms with Gasteiger partial charge >= 0.3 is 0 Å². The van der Waals surface area contributed by atoms with Crippen molar-refractivity contribution in [1.82, 2.24) is 4.98 Å². The molecule has 3 nitrogen and oxygen atoms in total. The lowest BCUT2D eigenvalue weighted by Crippen LogP contribution is -2.05. The van der Waals surface area contributed by atoms with Crippen LogP contribution in [0.5, 0.6) is 0 Å². The molecule has 0 saturated heterocycles. The molecule has 0 unspecified atom stereocenters. The first-order valence-electron chi connectivity index (χ1n) is 5.15. The van der Waals surface area contributed by atoms with E-state index in [4.69, 9.17) is 11.6 Å². The lowest BCUT2D eigenvalue weighted by Gasteiger charge is -2.05. The molecule has 0 aliphatic rings. The minimum Gasteiger partial charge on any atom is -0.326 e. The Morgan fingerprint density at radius 3 is 2.76 bits per heavy atom. The molecular weight excluding hydrogens is 236 g/mol. The van der Waals surface area contributed by atoms with Gasteiger partial charge in [0.15, 0.2) is 0 Å². The van der Waals surface area contributed by atoms with Crippen molar-refractivity contribution >= 4 is 23.2 Å². The van der Waals surface area contributed by atoms with Crippen LogP contribution in [0.25, 0.3) is 11.3 Å². The van der Waals surface area contributed by atoms with Crippen molar-refractivity contribution in [1.29, 1.82) is 0 Å². The van der Waals surface area contributed by atoms with Crippen LogP contribution >= 0.6 is 11.6 Å². The second-order valence-corrected chi connectivity index (χ2v) is 4.06. The Bertz CT molecular complexity index is 537. The largest absolute Gasteiger partial charge is 0.326 e. The topological polar surface area (TPSA) is 42.0 Å². The maximum absolute atomic E-state index is 11.0. The molecule has 1 N–H and O–H groups in total. The van der Waals surface area contributed by atoms with Crippen LogP contribution in [-0.2, 0) is 4.79 Å². The number of hydrogen-bond acceptors (Lipinski definition) is 2. The number of amides is 1. The summed E-state index contributed by atoms with van der Waals surface area (Å²) in [6.45, 7) is 1.48. The van der Waals surface area contributed by atoms with Crippen molar-refractivity contribution in [3.63, 3.8) is 0 Å². The van der Waals surface area contributed by atoms with E-state index in [1.807, 2.05) is 30.3 Å². The van der Waals surface area contributed by atoms with E-state index in [0.717, 1.165) is 16.9 Å². The van der Waals surface area contributed by atoms with Gasteiger partial charge in [-0.15, -0.1) is 0 Å². The van der Waals surface area contributed by atoms with Crippen LogP contribution in [0.15, 0.2) is 42.6 Å². The first-order valence-corrected chi connectivity index (χ1v) is 5.52. The third kappa shape index (κ3) is 3.04. The highest BCUT2D eigenvalue weighted by atomic mass is 35.5. The average molecular weight is 247 g/mol. The van der Waals surface area contributed by atoms with Crippen molar-refractivity contribution in [2.45, 2.75) is 6.92 Å². The monoisotopic (exact) mass is 246 g/mol. The molecule has 0 aliphatic carbocycles. The number of hydrogen-bond donors (Lipinski definition) is 1. The molecule has 1 aromatic carbocycles. The Balaban J connectivity index is 2.32. The zero-order valence-corrected chi connectivity index (χ0v) is 10.0. The summed E-state index contributed by atoms with van der Waals surface area (Å²) in [5.74, 6) is -0.0915. The molecule has 4 heteroatoms. The number of pyridine rings is 1. The van der Waals surface area contributed by atoms with E-state index < -0.39 is 0 Å². The minimum atomic E-state index is -0.0915. The van der Waals surface area contributed by atoms with Gasteiger partial charge in [0.05, 0.1) is 10.7 Å². The van der Waals surface area contributed by atoms with Gasteiger partial charge in [-0.3, -0.25) is 9.78 Å². The number of anilines is 1. The normalized spacial score (nSPS) is 10.0. The summed E-state index contributed by atoms with van der Waals surface area (Å²) in [5, 5.41) is 3.34. The summed E-state index contributed by atoms with van der Waals surface area (Å²) in [6, 6.07) is 11.1. The second-order valence-electron chi connectivity index (χ2n) is 3.62. The summed E-state index contributed by atoms with van der Waals surface area (Å²) in [4.78, 5) is 15.2. The predicted molar refractivity (Wildman–Crippen MR) is 69.0 cm³/mol. The fraction of sp³-hybridized carbons (Fsp3) is 0.0769. The minimum absolute atomic E-state index is 0.0915. The maximum Gasteiger partial charge on any atom is 0.221 e. The first kappa shape index (κ1) is 11.6. The van der Waals surface area contributed by atoms with Crippen LogP contribution in [0, 0.1) is 0 Å². The van der Waals surface area contributed by atoms with Gasteiger partial charge in [-0.1, -0.05) is 23.7 Å². The number of carbonyl (C=O) groups is 1. The maximum atomic E-state index is 11.0. The number of nitrogens with one attached hydrogen (secondary N) is 1. The summed E-state index contributed by atoms with van der Waals surface area (Å²) < 4.78 is 0. The van der Waals surface area contributed by atoms with Crippen molar-refractivity contribution in [3.8, 4) is 11.3 Å². The molecule has 2 aromatic rings. The lowest BCUT2D eigenvalue weighted by molar-refractivity contribution is -0.114. The Hall–Kier alpha value is -1.87. The molecule has 0 bridgehead atoms. The SMILES string of the molecule is CC(=O)Nc1cccc(-c2ccc(Cl)cn2)c1. The van der Waals surface area contributed by atoms with Crippen LogP contribution < -0.4 is 5.32 Å². The number of benzene rings is 1. The molecule has 0 atom stereocenters. The van der Waals surface area contributed by atoms with E-state index in [2.05, 4.69) is 10.3 Å². The van der Waals surface area contributed by atoms with Gasteiger partial charge in [-0.05, 0) is 24.3 Å². The highest BCUT2D eigenvalue weighted by Crippen LogP contribution is 2.21. The highest BCUT2D eigenvalue weighted by Gasteiger charge is 2.01. The van der Waals surface area contributed by atoms with Gasteiger partial charge in [0.2, 0.25) is 5.91 Å². The molecule has 0 fully saturated rings. The Kier molecular flexibility index (Phi) is 3.40. The van der Waals surface area contributed by atoms with E-state index in [1.54, 1.807) is 12.3 Å². The van der Waals surface area contributed by atoms with Gasteiger partial charge in [-0.2, -0.15) is 0 Å². The summed E-state index contributed by atoms with van der Waals surface area (Å²) >= 11 is 5.78. The van der Waals surface area contributed by atoms with Crippen molar-refractivity contribution in [2.24, 2.45) is 0 Å². The van der Waals surface area contributed by atoms with E-state index in [0.29, 0.717) is 5.02 Å². The summed E-state index contributed by atoms with van der Waals surface area (Å²) in [5.41, 5.74) is 2.52. The zero-order valence-electron chi connectivity index (χ0n) is 9.27. The van der Waals surface area contributed by atoms with E-state index in [1.165, 1.54) is 6.92 Å². The predicted octanol–water partition coefficient (Wildman–Crippen LogP) is 3.36. The van der Waals surface area contributed by atoms with Crippen LogP contribution in [0.2, 0.25) is 5.02 Å². The molecule has 2 rings (SSSR count). The zero-order chi connectivity index (χ0) is 12.3. The molecule has 0 radical (unpaired) electrons. The Morgan fingerprint density at radius 1 is 1.29 bits per heavy atom. The Morgan fingerprint density at radius 2 is 2.12 bits per heavy atom. The molecule has 0 spiro atoms. The number of nitrogens with zero attached hydrogens (tertiary/aromatic N) is 1. The summed E-state index contributed by atoms with van der Waals surface area (Å²) in [7, 11) is 0. The molecular formula is C13H11ClN2O. The van der Waals surface area contributed by atoms with Gasteiger partial charge in [0.1, 0.15) is 0 Å². The first-order chi connectivity index (χ1) is 8.15. The van der Waals surface area contributed by atoms with E-state index >= 15 is 0 Å². The van der Waals surface area contributed by atoms with Gasteiger partial charge < -0.3 is 5.32 Å². The number of rotatable bonds is 2. The van der Waals surface area contributed by atoms with Crippen LogP contribution in [-0.4, -0.2) is 10.9 Å². The molecule has 1 heterocycles. The molecule has 0 saturated carbocycles. The molecule has 17 heavy (non-hydrogen) atoms. The summed E-state index contributed by atoms with van der Waals surface area (Å²) in [6.07, 6.45) is 1.60. The fourth-order valence-electron chi connectivity index (χ4n) is 1.51. The quantitative estimate of drug-likeness (QED) is 0.883. The van der Waals surface area contributed by atoms with Crippen molar-refractivity contribution in [3.05, 3.63) is 47.6 Å². The number of halogens is 1. The van der Waals surface area contributed by atoms with Crippen molar-refractivity contribution < 1.29 is 4.79 Å². The van der Waals surface area contributed by atoms with Crippen LogP contribution in [0.4, 0.5) is 5.69 Å². The Labute approximate surface area is 104 Å². The molecule has 0 aliphatic heterocycles. The third-order valence-electron chi connectivity index (χ3n) is 2.21. The van der Waals surface area contributed by atoms with Gasteiger partial charge in [-0.25, -0.2) is 0 Å². The second kappa shape index (κ2) is 4.97. The highest BCUT2D eigenvalue weighted by molar-refractivity contribution is 6.30. The fourth-order valence-corrected chi connectivity index (χ4v) is 1.62. The van der Waals surface area contributed by atoms with E-state index in [9.17, 15) is 4.79 Å². The van der Waals surface area contributed by atoms with Crippen molar-refractivity contribution in [2.75, 3.05) is 5.32 Å². The standard InChI is InChI=1S/C13H11ClN2O/c1-9(17)16-12-4-2-3-10(7-12)13-6-5-11(14)8-15-13/h2-8H,1H3,(H,16,17). The average Bonchev–Trinajstić information content (AvgIpc) is 2.29. The lowest BCUT2D eigenvalue weighted by atomic mass is 10.1.